The van der Waals surface area contributed by atoms with Gasteiger partial charge in [-0.2, -0.15) is 0 Å². The normalized spacial score (nSPS) is 10.5. The summed E-state index contributed by atoms with van der Waals surface area (Å²) in [5.41, 5.74) is 1.54. The molecule has 0 atom stereocenters. The molecule has 0 saturated heterocycles. The fourth-order valence-corrected chi connectivity index (χ4v) is 4.56. The Morgan fingerprint density at radius 3 is 2.26 bits per heavy atom. The van der Waals surface area contributed by atoms with Crippen molar-refractivity contribution in [3.05, 3.63) is 65.5 Å². The van der Waals surface area contributed by atoms with Crippen LogP contribution in [0.25, 0.3) is 11.1 Å². The van der Waals surface area contributed by atoms with Crippen LogP contribution in [0.1, 0.15) is 9.67 Å². The lowest BCUT2D eigenvalue weighted by atomic mass is 10.1. The van der Waals surface area contributed by atoms with Crippen molar-refractivity contribution in [3.63, 3.8) is 0 Å². The Bertz CT molecular complexity index is 811. The van der Waals surface area contributed by atoms with Crippen LogP contribution >= 0.6 is 23.1 Å². The van der Waals surface area contributed by atoms with E-state index in [1.807, 2.05) is 60.7 Å². The average Bonchev–Trinajstić information content (AvgIpc) is 2.92. The summed E-state index contributed by atoms with van der Waals surface area (Å²) in [4.78, 5) is 13.2. The Hall–Kier alpha value is -2.24. The van der Waals surface area contributed by atoms with E-state index < -0.39 is 5.97 Å². The van der Waals surface area contributed by atoms with E-state index in [0.29, 0.717) is 5.56 Å². The van der Waals surface area contributed by atoms with Crippen molar-refractivity contribution in [3.8, 4) is 16.9 Å². The maximum atomic E-state index is 11.9. The number of carbonyl (C=O) groups excluding carboxylic acids is 1. The summed E-state index contributed by atoms with van der Waals surface area (Å²) in [6.07, 6.45) is 0. The Balaban J connectivity index is 2.11. The maximum absolute atomic E-state index is 11.9. The molecule has 5 heteroatoms. The predicted octanol–water partition coefficient (Wildman–Crippen LogP) is 5.06. The predicted molar refractivity (Wildman–Crippen MR) is 93.3 cm³/mol. The van der Waals surface area contributed by atoms with Crippen molar-refractivity contribution < 1.29 is 14.6 Å². The lowest BCUT2D eigenvalue weighted by molar-refractivity contribution is 0.0603. The lowest BCUT2D eigenvalue weighted by Gasteiger charge is -2.05. The van der Waals surface area contributed by atoms with Crippen LogP contribution < -0.4 is 0 Å². The van der Waals surface area contributed by atoms with Crippen LogP contribution in [0.3, 0.4) is 0 Å². The van der Waals surface area contributed by atoms with E-state index in [2.05, 4.69) is 0 Å². The molecule has 0 aliphatic carbocycles. The van der Waals surface area contributed by atoms with E-state index in [1.54, 1.807) is 0 Å². The van der Waals surface area contributed by atoms with E-state index in [-0.39, 0.29) is 10.6 Å². The van der Waals surface area contributed by atoms with Crippen molar-refractivity contribution >= 4 is 29.1 Å². The third-order valence-corrected chi connectivity index (χ3v) is 5.59. The van der Waals surface area contributed by atoms with Crippen LogP contribution in [-0.2, 0) is 4.74 Å². The number of thiophene rings is 1. The smallest absolute Gasteiger partial charge is 0.351 e. The molecule has 0 saturated carbocycles. The first-order valence-electron chi connectivity index (χ1n) is 6.93. The first-order valence-corrected chi connectivity index (χ1v) is 8.56. The number of hydrogen-bond donors (Lipinski definition) is 1. The highest BCUT2D eigenvalue weighted by Crippen LogP contribution is 2.48. The Labute approximate surface area is 142 Å². The van der Waals surface area contributed by atoms with E-state index in [4.69, 9.17) is 4.74 Å². The van der Waals surface area contributed by atoms with Crippen molar-refractivity contribution in [1.29, 1.82) is 0 Å². The SMILES string of the molecule is COC(=O)c1sc(Sc2ccccc2)c(-c2ccccc2)c1O. The third-order valence-electron chi connectivity index (χ3n) is 3.24. The molecule has 2 aromatic carbocycles. The van der Waals surface area contributed by atoms with Crippen LogP contribution in [0.2, 0.25) is 0 Å². The van der Waals surface area contributed by atoms with Crippen LogP contribution in [-0.4, -0.2) is 18.2 Å². The highest BCUT2D eigenvalue weighted by molar-refractivity contribution is 8.01. The molecule has 0 radical (unpaired) electrons. The van der Waals surface area contributed by atoms with Gasteiger partial charge in [0.1, 0.15) is 5.75 Å². The van der Waals surface area contributed by atoms with Gasteiger partial charge in [0, 0.05) is 10.5 Å². The summed E-state index contributed by atoms with van der Waals surface area (Å²) in [6, 6.07) is 19.4. The van der Waals surface area contributed by atoms with E-state index in [1.165, 1.54) is 30.2 Å². The van der Waals surface area contributed by atoms with E-state index in [9.17, 15) is 9.90 Å². The minimum atomic E-state index is -0.524. The number of carbonyl (C=O) groups is 1. The molecule has 0 spiro atoms. The molecule has 0 bridgehead atoms. The van der Waals surface area contributed by atoms with Gasteiger partial charge < -0.3 is 9.84 Å². The van der Waals surface area contributed by atoms with Gasteiger partial charge in [-0.3, -0.25) is 0 Å². The molecule has 23 heavy (non-hydrogen) atoms. The van der Waals surface area contributed by atoms with Crippen LogP contribution in [0.4, 0.5) is 0 Å². The molecule has 3 nitrogen and oxygen atoms in total. The van der Waals surface area contributed by atoms with Gasteiger partial charge in [0.15, 0.2) is 4.88 Å². The summed E-state index contributed by atoms with van der Waals surface area (Å²) in [7, 11) is 1.31. The second kappa shape index (κ2) is 6.89. The van der Waals surface area contributed by atoms with Crippen molar-refractivity contribution in [1.82, 2.24) is 0 Å². The van der Waals surface area contributed by atoms with Gasteiger partial charge in [0.2, 0.25) is 0 Å². The molecule has 0 amide bonds. The maximum Gasteiger partial charge on any atom is 0.351 e. The highest BCUT2D eigenvalue weighted by Gasteiger charge is 2.24. The summed E-state index contributed by atoms with van der Waals surface area (Å²) in [5, 5.41) is 10.5. The molecular weight excluding hydrogens is 328 g/mol. The van der Waals surface area contributed by atoms with Crippen molar-refractivity contribution in [2.24, 2.45) is 0 Å². The zero-order valence-electron chi connectivity index (χ0n) is 12.4. The van der Waals surface area contributed by atoms with Gasteiger partial charge in [0.05, 0.1) is 11.3 Å². The number of aromatic hydroxyl groups is 1. The summed E-state index contributed by atoms with van der Waals surface area (Å²) in [6.45, 7) is 0. The molecule has 116 valence electrons. The molecule has 1 N–H and O–H groups in total. The quantitative estimate of drug-likeness (QED) is 0.673. The minimum Gasteiger partial charge on any atom is -0.505 e. The Kier molecular flexibility index (Phi) is 4.69. The number of esters is 1. The van der Waals surface area contributed by atoms with Crippen molar-refractivity contribution in [2.45, 2.75) is 9.10 Å². The summed E-state index contributed by atoms with van der Waals surface area (Å²) in [5.74, 6) is -0.545. The number of ether oxygens (including phenoxy) is 1. The molecule has 3 rings (SSSR count). The molecule has 0 aliphatic heterocycles. The first kappa shape index (κ1) is 15.6. The zero-order valence-corrected chi connectivity index (χ0v) is 14.0. The van der Waals surface area contributed by atoms with Gasteiger partial charge in [-0.25, -0.2) is 4.79 Å². The molecule has 0 fully saturated rings. The second-order valence-corrected chi connectivity index (χ2v) is 7.08. The van der Waals surface area contributed by atoms with Gasteiger partial charge in [-0.15, -0.1) is 11.3 Å². The fourth-order valence-electron chi connectivity index (χ4n) is 2.16. The summed E-state index contributed by atoms with van der Waals surface area (Å²) < 4.78 is 5.64. The van der Waals surface area contributed by atoms with Gasteiger partial charge >= 0.3 is 5.97 Å². The monoisotopic (exact) mass is 342 g/mol. The Morgan fingerprint density at radius 1 is 1.04 bits per heavy atom. The fraction of sp³-hybridized carbons (Fsp3) is 0.0556. The summed E-state index contributed by atoms with van der Waals surface area (Å²) >= 11 is 2.77. The minimum absolute atomic E-state index is 0.0218. The number of methoxy groups -OCH3 is 1. The zero-order chi connectivity index (χ0) is 16.2. The van der Waals surface area contributed by atoms with Crippen LogP contribution in [0.15, 0.2) is 69.8 Å². The van der Waals surface area contributed by atoms with Crippen LogP contribution in [0.5, 0.6) is 5.75 Å². The third kappa shape index (κ3) is 3.25. The average molecular weight is 342 g/mol. The topological polar surface area (TPSA) is 46.5 Å². The molecule has 3 aromatic rings. The van der Waals surface area contributed by atoms with Crippen LogP contribution in [0, 0.1) is 0 Å². The number of benzene rings is 2. The second-order valence-electron chi connectivity index (χ2n) is 4.71. The number of hydrogen-bond acceptors (Lipinski definition) is 5. The Morgan fingerprint density at radius 2 is 1.65 bits per heavy atom. The number of rotatable bonds is 4. The van der Waals surface area contributed by atoms with Gasteiger partial charge in [-0.1, -0.05) is 60.3 Å². The molecule has 0 unspecified atom stereocenters. The lowest BCUT2D eigenvalue weighted by Crippen LogP contribution is -1.97. The molecule has 0 aliphatic rings. The highest BCUT2D eigenvalue weighted by atomic mass is 32.2. The van der Waals surface area contributed by atoms with Gasteiger partial charge in [0.25, 0.3) is 0 Å². The molecule has 1 aromatic heterocycles. The molecule has 1 heterocycles. The van der Waals surface area contributed by atoms with E-state index >= 15 is 0 Å². The first-order chi connectivity index (χ1) is 11.2. The largest absolute Gasteiger partial charge is 0.505 e. The molecular formula is C18H14O3S2. The van der Waals surface area contributed by atoms with Gasteiger partial charge in [-0.05, 0) is 17.7 Å². The van der Waals surface area contributed by atoms with Crippen molar-refractivity contribution in [2.75, 3.05) is 7.11 Å². The van der Waals surface area contributed by atoms with E-state index in [0.717, 1.165) is 14.7 Å². The standard InChI is InChI=1S/C18H14O3S2/c1-21-17(20)16-15(19)14(12-8-4-2-5-9-12)18(23-16)22-13-10-6-3-7-11-13/h2-11,19H,1H3.